The summed E-state index contributed by atoms with van der Waals surface area (Å²) in [4.78, 5) is 0. The van der Waals surface area contributed by atoms with E-state index in [-0.39, 0.29) is 29.6 Å². The molecule has 0 saturated heterocycles. The van der Waals surface area contributed by atoms with Crippen LogP contribution in [0.4, 0.5) is 0 Å². The summed E-state index contributed by atoms with van der Waals surface area (Å²) < 4.78 is 0. The molecule has 0 N–H and O–H groups in total. The fraction of sp³-hybridized carbons (Fsp3) is 1.00. The Labute approximate surface area is 136 Å². The van der Waals surface area contributed by atoms with Gasteiger partial charge in [-0.1, -0.05) is 89.9 Å². The summed E-state index contributed by atoms with van der Waals surface area (Å²) >= 11 is 0. The number of hydrogen-bond donors (Lipinski definition) is 0. The van der Waals surface area contributed by atoms with Crippen LogP contribution in [0, 0.1) is 0 Å². The van der Waals surface area contributed by atoms with E-state index in [2.05, 4.69) is 0 Å². The van der Waals surface area contributed by atoms with E-state index in [1.54, 1.807) is 0 Å². The van der Waals surface area contributed by atoms with Crippen LogP contribution in [0.1, 0.15) is 89.9 Å². The molecule has 0 radical (unpaired) electrons. The number of rotatable bonds is 2. The van der Waals surface area contributed by atoms with E-state index in [4.69, 9.17) is 5.32 Å². The minimum atomic E-state index is 0. The second-order valence-electron chi connectivity index (χ2n) is 6.15. The molecule has 2 rings (SSSR count). The van der Waals surface area contributed by atoms with Crippen molar-refractivity contribution in [3.63, 3.8) is 0 Å². The molecule has 0 unspecified atom stereocenters. The van der Waals surface area contributed by atoms with Gasteiger partial charge in [-0.05, 0) is 0 Å². The first-order chi connectivity index (χ1) is 8.45. The molecule has 0 aromatic heterocycles. The van der Waals surface area contributed by atoms with Gasteiger partial charge in [-0.15, -0.1) is 12.1 Å². The van der Waals surface area contributed by atoms with Gasteiger partial charge in [0.05, 0.1) is 0 Å². The van der Waals surface area contributed by atoms with Gasteiger partial charge in [-0.2, -0.15) is 0 Å². The molecular weight excluding hydrogens is 229 g/mol. The Balaban J connectivity index is 0.00000162. The molecule has 0 spiro atoms. The largest absolute Gasteiger partial charge is 1.00 e. The summed E-state index contributed by atoms with van der Waals surface area (Å²) in [6, 6.07) is 1.44. The van der Waals surface area contributed by atoms with Crippen molar-refractivity contribution in [2.45, 2.75) is 102 Å². The van der Waals surface area contributed by atoms with E-state index in [1.807, 2.05) is 0 Å². The molecule has 0 aromatic rings. The zero-order valence-corrected chi connectivity index (χ0v) is 14.5. The maximum atomic E-state index is 5.20. The average molecular weight is 259 g/mol. The van der Waals surface area contributed by atoms with Crippen molar-refractivity contribution in [1.82, 2.24) is 0 Å². The quantitative estimate of drug-likeness (QED) is 0.677. The Morgan fingerprint density at radius 3 is 1.06 bits per heavy atom. The molecule has 2 aliphatic carbocycles. The van der Waals surface area contributed by atoms with Crippen molar-refractivity contribution in [3.8, 4) is 0 Å². The van der Waals surface area contributed by atoms with Gasteiger partial charge in [0.1, 0.15) is 0 Å². The number of nitrogens with zero attached hydrogens (tertiary/aromatic N) is 1. The molecule has 100 valence electrons. The molecule has 0 aliphatic heterocycles. The monoisotopic (exact) mass is 259 g/mol. The van der Waals surface area contributed by atoms with Gasteiger partial charge < -0.3 is 5.32 Å². The third-order valence-corrected chi connectivity index (χ3v) is 4.57. The molecule has 2 saturated carbocycles. The molecule has 18 heavy (non-hydrogen) atoms. The summed E-state index contributed by atoms with van der Waals surface area (Å²) in [6.45, 7) is 0. The Bertz CT molecular complexity index is 160. The van der Waals surface area contributed by atoms with Crippen LogP contribution < -0.4 is 29.6 Å². The second kappa shape index (κ2) is 10.7. The Hall–Kier alpha value is 0.960. The minimum Gasteiger partial charge on any atom is -0.657 e. The van der Waals surface area contributed by atoms with Gasteiger partial charge >= 0.3 is 29.6 Å². The predicted octanol–water partition coefficient (Wildman–Crippen LogP) is 2.59. The zero-order chi connectivity index (χ0) is 11.8. The van der Waals surface area contributed by atoms with Gasteiger partial charge in [0.2, 0.25) is 0 Å². The van der Waals surface area contributed by atoms with E-state index in [0.29, 0.717) is 0 Å². The van der Waals surface area contributed by atoms with Crippen LogP contribution in [-0.2, 0) is 0 Å². The third-order valence-electron chi connectivity index (χ3n) is 4.57. The van der Waals surface area contributed by atoms with Gasteiger partial charge in [0.15, 0.2) is 0 Å². The van der Waals surface area contributed by atoms with Crippen LogP contribution in [0.15, 0.2) is 0 Å². The first kappa shape index (κ1) is 17.0. The summed E-state index contributed by atoms with van der Waals surface area (Å²) in [5, 5.41) is 5.20. The van der Waals surface area contributed by atoms with Crippen LogP contribution in [0.2, 0.25) is 0 Å². The standard InChI is InChI=1S/C16H30N.Na/c1-3-7-11-15(12-8-4-1)17-16-13-9-5-2-6-10-14-16;/h15-16H,1-14H2;/q-1;+1. The summed E-state index contributed by atoms with van der Waals surface area (Å²) in [7, 11) is 0. The van der Waals surface area contributed by atoms with Crippen molar-refractivity contribution >= 4 is 0 Å². The Kier molecular flexibility index (Phi) is 10.1. The summed E-state index contributed by atoms with van der Waals surface area (Å²) in [6.07, 6.45) is 20.0. The van der Waals surface area contributed by atoms with E-state index >= 15 is 0 Å². The van der Waals surface area contributed by atoms with Crippen LogP contribution >= 0.6 is 0 Å². The fourth-order valence-corrected chi connectivity index (χ4v) is 3.47. The Morgan fingerprint density at radius 2 is 0.722 bits per heavy atom. The molecule has 1 nitrogen and oxygen atoms in total. The summed E-state index contributed by atoms with van der Waals surface area (Å²) in [5.41, 5.74) is 0. The molecule has 0 aromatic carbocycles. The van der Waals surface area contributed by atoms with E-state index in [0.717, 1.165) is 12.1 Å². The molecule has 0 heterocycles. The average Bonchev–Trinajstić information content (AvgIpc) is 2.24. The Morgan fingerprint density at radius 1 is 0.444 bits per heavy atom. The first-order valence-corrected chi connectivity index (χ1v) is 8.15. The van der Waals surface area contributed by atoms with E-state index in [1.165, 1.54) is 89.9 Å². The smallest absolute Gasteiger partial charge is 0.657 e. The van der Waals surface area contributed by atoms with E-state index < -0.39 is 0 Å². The van der Waals surface area contributed by atoms with Crippen molar-refractivity contribution in [2.24, 2.45) is 0 Å². The molecule has 2 aliphatic rings. The third kappa shape index (κ3) is 6.93. The fourth-order valence-electron chi connectivity index (χ4n) is 3.47. The van der Waals surface area contributed by atoms with E-state index in [9.17, 15) is 0 Å². The van der Waals surface area contributed by atoms with Gasteiger partial charge in [0, 0.05) is 0 Å². The normalized spacial score (nSPS) is 25.3. The molecule has 0 atom stereocenters. The maximum absolute atomic E-state index is 5.20. The van der Waals surface area contributed by atoms with Crippen LogP contribution in [0.3, 0.4) is 0 Å². The molecular formula is C16H30NNa. The van der Waals surface area contributed by atoms with Gasteiger partial charge in [0.25, 0.3) is 0 Å². The maximum Gasteiger partial charge on any atom is 1.00 e. The SMILES string of the molecule is C1CCCC([N-]C2CCCCCCC2)CCC1.[Na+]. The van der Waals surface area contributed by atoms with Crippen LogP contribution in [0.5, 0.6) is 0 Å². The van der Waals surface area contributed by atoms with Crippen molar-refractivity contribution in [2.75, 3.05) is 0 Å². The topological polar surface area (TPSA) is 14.1 Å². The van der Waals surface area contributed by atoms with Crippen molar-refractivity contribution < 1.29 is 29.6 Å². The first-order valence-electron chi connectivity index (χ1n) is 8.15. The molecule has 0 bridgehead atoms. The van der Waals surface area contributed by atoms with Crippen molar-refractivity contribution in [3.05, 3.63) is 5.32 Å². The predicted molar refractivity (Wildman–Crippen MR) is 75.6 cm³/mol. The van der Waals surface area contributed by atoms with Crippen LogP contribution in [-0.4, -0.2) is 12.1 Å². The minimum absolute atomic E-state index is 0. The molecule has 2 heteroatoms. The number of hydrogen-bond acceptors (Lipinski definition) is 0. The second-order valence-corrected chi connectivity index (χ2v) is 6.15. The van der Waals surface area contributed by atoms with Crippen LogP contribution in [0.25, 0.3) is 5.32 Å². The molecule has 2 fully saturated rings. The summed E-state index contributed by atoms with van der Waals surface area (Å²) in [5.74, 6) is 0. The van der Waals surface area contributed by atoms with Gasteiger partial charge in [-0.3, -0.25) is 0 Å². The molecule has 0 amide bonds. The zero-order valence-electron chi connectivity index (χ0n) is 12.5. The van der Waals surface area contributed by atoms with Gasteiger partial charge in [-0.25, -0.2) is 0 Å². The van der Waals surface area contributed by atoms with Crippen molar-refractivity contribution in [1.29, 1.82) is 0 Å².